The second-order valence-corrected chi connectivity index (χ2v) is 6.41. The van der Waals surface area contributed by atoms with E-state index in [1.165, 1.54) is 38.5 Å². The lowest BCUT2D eigenvalue weighted by Gasteiger charge is -2.45. The van der Waals surface area contributed by atoms with E-state index in [1.54, 1.807) is 0 Å². The van der Waals surface area contributed by atoms with Gasteiger partial charge in [0.1, 0.15) is 0 Å². The zero-order valence-electron chi connectivity index (χ0n) is 11.4. The molecule has 2 aliphatic heterocycles. The van der Waals surface area contributed by atoms with Crippen molar-refractivity contribution in [2.45, 2.75) is 57.4 Å². The molecule has 1 aliphatic carbocycles. The molecule has 3 rings (SSSR count). The van der Waals surface area contributed by atoms with Gasteiger partial charge in [-0.1, -0.05) is 19.3 Å². The van der Waals surface area contributed by atoms with E-state index in [0.29, 0.717) is 11.9 Å². The summed E-state index contributed by atoms with van der Waals surface area (Å²) >= 11 is 0. The molecule has 0 radical (unpaired) electrons. The molecule has 3 heteroatoms. The molecule has 102 valence electrons. The second kappa shape index (κ2) is 5.60. The number of carbonyl (C=O) groups excluding carboxylic acids is 1. The third-order valence-corrected chi connectivity index (χ3v) is 5.20. The van der Waals surface area contributed by atoms with Crippen LogP contribution in [0.15, 0.2) is 0 Å². The first-order chi connectivity index (χ1) is 8.84. The maximum atomic E-state index is 12.2. The van der Waals surface area contributed by atoms with Crippen molar-refractivity contribution in [1.29, 1.82) is 0 Å². The van der Waals surface area contributed by atoms with Crippen molar-refractivity contribution in [3.8, 4) is 0 Å². The minimum atomic E-state index is 0.434. The van der Waals surface area contributed by atoms with E-state index in [1.807, 2.05) is 0 Å². The number of piperidine rings is 2. The minimum absolute atomic E-state index is 0.434. The van der Waals surface area contributed by atoms with E-state index < -0.39 is 0 Å². The summed E-state index contributed by atoms with van der Waals surface area (Å²) in [5, 5.41) is 3.48. The van der Waals surface area contributed by atoms with E-state index in [0.717, 1.165) is 44.3 Å². The molecule has 1 amide bonds. The Morgan fingerprint density at radius 2 is 1.94 bits per heavy atom. The van der Waals surface area contributed by atoms with Gasteiger partial charge in [0.15, 0.2) is 0 Å². The van der Waals surface area contributed by atoms with E-state index in [2.05, 4.69) is 10.2 Å². The number of hydrogen-bond acceptors (Lipinski definition) is 2. The quantitative estimate of drug-likeness (QED) is 0.814. The summed E-state index contributed by atoms with van der Waals surface area (Å²) in [6.07, 6.45) is 9.92. The zero-order valence-corrected chi connectivity index (χ0v) is 11.4. The Kier molecular flexibility index (Phi) is 3.88. The number of nitrogens with zero attached hydrogens (tertiary/aromatic N) is 1. The number of hydrogen-bond donors (Lipinski definition) is 1. The summed E-state index contributed by atoms with van der Waals surface area (Å²) in [6.45, 7) is 3.27. The van der Waals surface area contributed by atoms with Crippen LogP contribution >= 0.6 is 0 Å². The van der Waals surface area contributed by atoms with Gasteiger partial charge in [-0.05, 0) is 50.6 Å². The molecular weight excluding hydrogens is 224 g/mol. The Morgan fingerprint density at radius 3 is 2.78 bits per heavy atom. The molecule has 2 saturated heterocycles. The van der Waals surface area contributed by atoms with Crippen molar-refractivity contribution in [1.82, 2.24) is 10.2 Å². The molecule has 0 bridgehead atoms. The largest absolute Gasteiger partial charge is 0.339 e. The SMILES string of the molecule is O=C1CCC2CNCCC2N1CC1CCCCC1. The zero-order chi connectivity index (χ0) is 12.4. The van der Waals surface area contributed by atoms with Gasteiger partial charge in [0.05, 0.1) is 0 Å². The molecule has 2 atom stereocenters. The first kappa shape index (κ1) is 12.5. The maximum Gasteiger partial charge on any atom is 0.222 e. The summed E-state index contributed by atoms with van der Waals surface area (Å²) in [5.41, 5.74) is 0. The van der Waals surface area contributed by atoms with Crippen LogP contribution < -0.4 is 5.32 Å². The highest BCUT2D eigenvalue weighted by Crippen LogP contribution is 2.32. The molecule has 3 nitrogen and oxygen atoms in total. The van der Waals surface area contributed by atoms with Gasteiger partial charge in [0.25, 0.3) is 0 Å². The van der Waals surface area contributed by atoms with Gasteiger partial charge in [-0.25, -0.2) is 0 Å². The lowest BCUT2D eigenvalue weighted by Crippen LogP contribution is -2.56. The molecule has 0 aromatic heterocycles. The number of rotatable bonds is 2. The van der Waals surface area contributed by atoms with Crippen LogP contribution in [0, 0.1) is 11.8 Å². The molecule has 0 aromatic carbocycles. The van der Waals surface area contributed by atoms with E-state index in [4.69, 9.17) is 0 Å². The van der Waals surface area contributed by atoms with Crippen molar-refractivity contribution in [3.63, 3.8) is 0 Å². The Hall–Kier alpha value is -0.570. The average molecular weight is 250 g/mol. The van der Waals surface area contributed by atoms with Gasteiger partial charge in [0, 0.05) is 19.0 Å². The van der Waals surface area contributed by atoms with E-state index in [9.17, 15) is 4.79 Å². The first-order valence-electron chi connectivity index (χ1n) is 7.85. The Bertz CT molecular complexity index is 299. The lowest BCUT2D eigenvalue weighted by atomic mass is 9.82. The normalized spacial score (nSPS) is 34.4. The molecule has 0 aromatic rings. The molecule has 2 heterocycles. The molecule has 2 unspecified atom stereocenters. The molecular formula is C15H26N2O. The van der Waals surface area contributed by atoms with Crippen LogP contribution in [0.3, 0.4) is 0 Å². The minimum Gasteiger partial charge on any atom is -0.339 e. The van der Waals surface area contributed by atoms with Gasteiger partial charge in [-0.2, -0.15) is 0 Å². The van der Waals surface area contributed by atoms with Crippen molar-refractivity contribution in [3.05, 3.63) is 0 Å². The fourth-order valence-corrected chi connectivity index (χ4v) is 4.14. The van der Waals surface area contributed by atoms with Crippen LogP contribution in [0.25, 0.3) is 0 Å². The number of likely N-dealkylation sites (tertiary alicyclic amines) is 1. The number of fused-ring (bicyclic) bond motifs is 1. The molecule has 1 N–H and O–H groups in total. The van der Waals surface area contributed by atoms with Crippen LogP contribution in [0.4, 0.5) is 0 Å². The van der Waals surface area contributed by atoms with Gasteiger partial charge < -0.3 is 10.2 Å². The van der Waals surface area contributed by atoms with Crippen LogP contribution in [0.2, 0.25) is 0 Å². The van der Waals surface area contributed by atoms with Gasteiger partial charge in [-0.15, -0.1) is 0 Å². The summed E-state index contributed by atoms with van der Waals surface area (Å²) < 4.78 is 0. The Morgan fingerprint density at radius 1 is 1.11 bits per heavy atom. The standard InChI is InChI=1S/C15H26N2O/c18-15-7-6-13-10-16-9-8-14(13)17(15)11-12-4-2-1-3-5-12/h12-14,16H,1-11H2. The first-order valence-corrected chi connectivity index (χ1v) is 7.85. The van der Waals surface area contributed by atoms with Gasteiger partial charge >= 0.3 is 0 Å². The summed E-state index contributed by atoms with van der Waals surface area (Å²) in [5.74, 6) is 1.94. The highest BCUT2D eigenvalue weighted by Gasteiger charge is 2.37. The van der Waals surface area contributed by atoms with Crippen molar-refractivity contribution < 1.29 is 4.79 Å². The van der Waals surface area contributed by atoms with Crippen LogP contribution in [0.5, 0.6) is 0 Å². The predicted molar refractivity (Wildman–Crippen MR) is 72.3 cm³/mol. The average Bonchev–Trinajstić information content (AvgIpc) is 2.43. The molecule has 3 fully saturated rings. The number of amides is 1. The summed E-state index contributed by atoms with van der Waals surface area (Å²) in [4.78, 5) is 14.5. The monoisotopic (exact) mass is 250 g/mol. The van der Waals surface area contributed by atoms with Crippen molar-refractivity contribution in [2.24, 2.45) is 11.8 Å². The summed E-state index contributed by atoms with van der Waals surface area (Å²) in [6, 6.07) is 0.550. The van der Waals surface area contributed by atoms with Crippen molar-refractivity contribution in [2.75, 3.05) is 19.6 Å². The smallest absolute Gasteiger partial charge is 0.222 e. The van der Waals surface area contributed by atoms with Crippen LogP contribution in [-0.2, 0) is 4.79 Å². The van der Waals surface area contributed by atoms with Crippen LogP contribution in [0.1, 0.15) is 51.4 Å². The molecule has 18 heavy (non-hydrogen) atoms. The number of nitrogens with one attached hydrogen (secondary N) is 1. The second-order valence-electron chi connectivity index (χ2n) is 6.41. The van der Waals surface area contributed by atoms with Crippen LogP contribution in [-0.4, -0.2) is 36.5 Å². The Labute approximate surface area is 110 Å². The summed E-state index contributed by atoms with van der Waals surface area (Å²) in [7, 11) is 0. The highest BCUT2D eigenvalue weighted by molar-refractivity contribution is 5.77. The van der Waals surface area contributed by atoms with Gasteiger partial charge in [-0.3, -0.25) is 4.79 Å². The van der Waals surface area contributed by atoms with E-state index in [-0.39, 0.29) is 0 Å². The highest BCUT2D eigenvalue weighted by atomic mass is 16.2. The topological polar surface area (TPSA) is 32.3 Å². The van der Waals surface area contributed by atoms with E-state index >= 15 is 0 Å². The lowest BCUT2D eigenvalue weighted by molar-refractivity contribution is -0.140. The molecule has 1 saturated carbocycles. The van der Waals surface area contributed by atoms with Crippen molar-refractivity contribution >= 4 is 5.91 Å². The fourth-order valence-electron chi connectivity index (χ4n) is 4.14. The molecule has 0 spiro atoms. The molecule has 3 aliphatic rings. The fraction of sp³-hybridized carbons (Fsp3) is 0.933. The maximum absolute atomic E-state index is 12.2. The third-order valence-electron chi connectivity index (χ3n) is 5.20. The Balaban J connectivity index is 1.64. The predicted octanol–water partition coefficient (Wildman–Crippen LogP) is 2.17. The third kappa shape index (κ3) is 2.56. The number of carbonyl (C=O) groups is 1. The van der Waals surface area contributed by atoms with Gasteiger partial charge in [0.2, 0.25) is 5.91 Å².